The molecule has 2 aliphatic heterocycles. The van der Waals surface area contributed by atoms with Crippen molar-refractivity contribution in [2.75, 3.05) is 19.7 Å². The molecule has 2 fully saturated rings. The van der Waals surface area contributed by atoms with E-state index in [4.69, 9.17) is 10.5 Å². The Balaban J connectivity index is 1.50. The van der Waals surface area contributed by atoms with Crippen LogP contribution in [0.25, 0.3) is 0 Å². The largest absolute Gasteiger partial charge is 0.370 e. The minimum Gasteiger partial charge on any atom is -0.370 e. The number of amides is 1. The van der Waals surface area contributed by atoms with Crippen molar-refractivity contribution in [3.63, 3.8) is 0 Å². The number of benzene rings is 2. The van der Waals surface area contributed by atoms with Crippen molar-refractivity contribution in [1.29, 1.82) is 0 Å². The fourth-order valence-electron chi connectivity index (χ4n) is 3.79. The molecule has 0 radical (unpaired) electrons. The number of carbonyl (C=O) groups is 1. The normalized spacial score (nSPS) is 28.3. The highest BCUT2D eigenvalue weighted by molar-refractivity contribution is 5.83. The van der Waals surface area contributed by atoms with Crippen LogP contribution in [0.15, 0.2) is 54.6 Å². The molecule has 142 valence electrons. The maximum atomic E-state index is 13.2. The maximum absolute atomic E-state index is 13.2. The molecule has 4 N–H and O–H groups in total. The molecular weight excluding hydrogens is 347 g/mol. The predicted molar refractivity (Wildman–Crippen MR) is 98.9 cm³/mol. The van der Waals surface area contributed by atoms with E-state index in [1.807, 2.05) is 30.3 Å². The lowest BCUT2D eigenvalue weighted by Crippen LogP contribution is -2.51. The summed E-state index contributed by atoms with van der Waals surface area (Å²) in [6.07, 6.45) is -0.614. The van der Waals surface area contributed by atoms with E-state index < -0.39 is 6.04 Å². The SMILES string of the molecule is NC1NNC(C(=O)N2CCOC(c3ccc(F)cc3)C2)C1c1ccccc1. The first-order valence-corrected chi connectivity index (χ1v) is 9.11. The van der Waals surface area contributed by atoms with Crippen LogP contribution in [0.2, 0.25) is 0 Å². The van der Waals surface area contributed by atoms with Crippen molar-refractivity contribution in [2.24, 2.45) is 5.73 Å². The van der Waals surface area contributed by atoms with E-state index in [0.717, 1.165) is 11.1 Å². The molecule has 7 heteroatoms. The first kappa shape index (κ1) is 18.1. The highest BCUT2D eigenvalue weighted by Crippen LogP contribution is 2.28. The molecule has 1 amide bonds. The number of rotatable bonds is 3. The highest BCUT2D eigenvalue weighted by atomic mass is 19.1. The van der Waals surface area contributed by atoms with E-state index in [9.17, 15) is 9.18 Å². The molecule has 0 saturated carbocycles. The first-order valence-electron chi connectivity index (χ1n) is 9.11. The van der Waals surface area contributed by atoms with E-state index in [1.165, 1.54) is 12.1 Å². The maximum Gasteiger partial charge on any atom is 0.241 e. The number of nitrogens with two attached hydrogens (primary N) is 1. The summed E-state index contributed by atoms with van der Waals surface area (Å²) in [7, 11) is 0. The van der Waals surface area contributed by atoms with Crippen LogP contribution in [-0.2, 0) is 9.53 Å². The summed E-state index contributed by atoms with van der Waals surface area (Å²) < 4.78 is 19.0. The van der Waals surface area contributed by atoms with Crippen LogP contribution in [-0.4, -0.2) is 42.7 Å². The molecule has 0 spiro atoms. The average Bonchev–Trinajstić information content (AvgIpc) is 3.10. The van der Waals surface area contributed by atoms with Crippen LogP contribution in [0.5, 0.6) is 0 Å². The number of hydrogen-bond acceptors (Lipinski definition) is 5. The molecule has 4 unspecified atom stereocenters. The zero-order valence-electron chi connectivity index (χ0n) is 14.8. The zero-order chi connectivity index (χ0) is 18.8. The van der Waals surface area contributed by atoms with Crippen molar-refractivity contribution in [1.82, 2.24) is 15.8 Å². The van der Waals surface area contributed by atoms with Crippen LogP contribution in [0.1, 0.15) is 23.1 Å². The van der Waals surface area contributed by atoms with Gasteiger partial charge in [-0.05, 0) is 23.3 Å². The van der Waals surface area contributed by atoms with Gasteiger partial charge in [-0.1, -0.05) is 42.5 Å². The fourth-order valence-corrected chi connectivity index (χ4v) is 3.79. The molecule has 27 heavy (non-hydrogen) atoms. The number of carbonyl (C=O) groups excluding carboxylic acids is 1. The van der Waals surface area contributed by atoms with Crippen LogP contribution in [0.3, 0.4) is 0 Å². The molecule has 4 rings (SSSR count). The van der Waals surface area contributed by atoms with Gasteiger partial charge in [0.2, 0.25) is 5.91 Å². The van der Waals surface area contributed by atoms with Gasteiger partial charge >= 0.3 is 0 Å². The van der Waals surface area contributed by atoms with Crippen molar-refractivity contribution in [3.8, 4) is 0 Å². The third-order valence-electron chi connectivity index (χ3n) is 5.22. The van der Waals surface area contributed by atoms with E-state index in [1.54, 1.807) is 17.0 Å². The quantitative estimate of drug-likeness (QED) is 0.758. The number of hydrogen-bond donors (Lipinski definition) is 3. The van der Waals surface area contributed by atoms with Crippen LogP contribution >= 0.6 is 0 Å². The van der Waals surface area contributed by atoms with E-state index >= 15 is 0 Å². The second kappa shape index (κ2) is 7.74. The highest BCUT2D eigenvalue weighted by Gasteiger charge is 2.42. The van der Waals surface area contributed by atoms with Gasteiger partial charge in [-0.3, -0.25) is 4.79 Å². The molecule has 0 bridgehead atoms. The smallest absolute Gasteiger partial charge is 0.241 e. The van der Waals surface area contributed by atoms with Gasteiger partial charge in [0.15, 0.2) is 0 Å². The summed E-state index contributed by atoms with van der Waals surface area (Å²) in [5.41, 5.74) is 14.1. The summed E-state index contributed by atoms with van der Waals surface area (Å²) in [5, 5.41) is 0. The Morgan fingerprint density at radius 2 is 1.81 bits per heavy atom. The lowest BCUT2D eigenvalue weighted by Gasteiger charge is -2.35. The monoisotopic (exact) mass is 370 g/mol. The van der Waals surface area contributed by atoms with Crippen molar-refractivity contribution in [2.45, 2.75) is 24.2 Å². The van der Waals surface area contributed by atoms with Gasteiger partial charge in [0, 0.05) is 12.5 Å². The van der Waals surface area contributed by atoms with Gasteiger partial charge < -0.3 is 15.4 Å². The molecule has 2 heterocycles. The molecule has 2 saturated heterocycles. The Bertz CT molecular complexity index is 786. The number of ether oxygens (including phenoxy) is 1. The van der Waals surface area contributed by atoms with Crippen LogP contribution in [0.4, 0.5) is 4.39 Å². The summed E-state index contributed by atoms with van der Waals surface area (Å²) in [6, 6.07) is 15.6. The minimum absolute atomic E-state index is 0.0142. The van der Waals surface area contributed by atoms with Gasteiger partial charge in [-0.25, -0.2) is 15.2 Å². The molecule has 2 aromatic carbocycles. The molecule has 6 nitrogen and oxygen atoms in total. The predicted octanol–water partition coefficient (Wildman–Crippen LogP) is 1.27. The van der Waals surface area contributed by atoms with Gasteiger partial charge in [-0.15, -0.1) is 0 Å². The molecule has 0 aliphatic carbocycles. The van der Waals surface area contributed by atoms with Crippen LogP contribution in [0, 0.1) is 5.82 Å². The lowest BCUT2D eigenvalue weighted by molar-refractivity contribution is -0.141. The Labute approximate surface area is 157 Å². The summed E-state index contributed by atoms with van der Waals surface area (Å²) >= 11 is 0. The summed E-state index contributed by atoms with van der Waals surface area (Å²) in [5.74, 6) is -0.464. The fraction of sp³-hybridized carbons (Fsp3) is 0.350. The van der Waals surface area contributed by atoms with Gasteiger partial charge in [0.1, 0.15) is 18.0 Å². The van der Waals surface area contributed by atoms with Gasteiger partial charge in [0.05, 0.1) is 19.3 Å². The Morgan fingerprint density at radius 1 is 1.07 bits per heavy atom. The molecule has 4 atom stereocenters. The Kier molecular flexibility index (Phi) is 5.18. The first-order chi connectivity index (χ1) is 13.1. The Hall–Kier alpha value is -2.32. The molecule has 0 aromatic heterocycles. The number of nitrogens with zero attached hydrogens (tertiary/aromatic N) is 1. The van der Waals surface area contributed by atoms with Crippen molar-refractivity contribution >= 4 is 5.91 Å². The van der Waals surface area contributed by atoms with E-state index in [2.05, 4.69) is 10.9 Å². The molecular formula is C20H23FN4O2. The minimum atomic E-state index is -0.450. The van der Waals surface area contributed by atoms with E-state index in [-0.39, 0.29) is 29.9 Å². The Morgan fingerprint density at radius 3 is 2.56 bits per heavy atom. The summed E-state index contributed by atoms with van der Waals surface area (Å²) in [4.78, 5) is 15.0. The summed E-state index contributed by atoms with van der Waals surface area (Å²) in [6.45, 7) is 1.39. The third-order valence-corrected chi connectivity index (χ3v) is 5.22. The van der Waals surface area contributed by atoms with Crippen molar-refractivity contribution < 1.29 is 13.9 Å². The number of halogens is 1. The number of morpholine rings is 1. The van der Waals surface area contributed by atoms with Crippen LogP contribution < -0.4 is 16.6 Å². The molecule has 2 aromatic rings. The standard InChI is InChI=1S/C20H23FN4O2/c21-15-8-6-13(7-9-15)16-12-25(10-11-27-16)20(26)18-17(19(22)24-23-18)14-4-2-1-3-5-14/h1-9,16-19,23-24H,10-12,22H2. The molecule has 2 aliphatic rings. The van der Waals surface area contributed by atoms with Crippen molar-refractivity contribution in [3.05, 3.63) is 71.5 Å². The number of nitrogens with one attached hydrogen (secondary N) is 2. The average molecular weight is 370 g/mol. The lowest BCUT2D eigenvalue weighted by atomic mass is 9.90. The third kappa shape index (κ3) is 3.72. The second-order valence-corrected chi connectivity index (χ2v) is 6.92. The number of hydrazine groups is 1. The van der Waals surface area contributed by atoms with Gasteiger partial charge in [-0.2, -0.15) is 0 Å². The second-order valence-electron chi connectivity index (χ2n) is 6.92. The topological polar surface area (TPSA) is 79.6 Å². The van der Waals surface area contributed by atoms with E-state index in [0.29, 0.717) is 19.7 Å². The van der Waals surface area contributed by atoms with Gasteiger partial charge in [0.25, 0.3) is 0 Å². The zero-order valence-corrected chi connectivity index (χ0v) is 14.8.